The van der Waals surface area contributed by atoms with E-state index in [1.165, 1.54) is 30.0 Å². The highest BCUT2D eigenvalue weighted by molar-refractivity contribution is 8.00. The van der Waals surface area contributed by atoms with Crippen molar-refractivity contribution >= 4 is 75.1 Å². The van der Waals surface area contributed by atoms with E-state index in [4.69, 9.17) is 11.6 Å². The minimum Gasteiger partial charge on any atom is -0.337 e. The average Bonchev–Trinajstić information content (AvgIpc) is 3.44. The van der Waals surface area contributed by atoms with Gasteiger partial charge in [0.05, 0.1) is 17.4 Å². The van der Waals surface area contributed by atoms with E-state index in [1.807, 2.05) is 13.0 Å². The summed E-state index contributed by atoms with van der Waals surface area (Å²) in [5.74, 6) is -1.23. The molecule has 2 heterocycles. The molecule has 1 aliphatic rings. The van der Waals surface area contributed by atoms with E-state index in [1.54, 1.807) is 83.8 Å². The summed E-state index contributed by atoms with van der Waals surface area (Å²) in [7, 11) is 0. The fourth-order valence-corrected chi connectivity index (χ4v) is 7.43. The zero-order valence-electron chi connectivity index (χ0n) is 26.2. The van der Waals surface area contributed by atoms with Crippen LogP contribution in [-0.4, -0.2) is 40.3 Å². The minimum atomic E-state index is -0.532. The van der Waals surface area contributed by atoms with Crippen molar-refractivity contribution in [3.8, 4) is 6.07 Å². The van der Waals surface area contributed by atoms with Crippen LogP contribution in [0, 0.1) is 11.3 Å². The number of hydrogen-bond acceptors (Lipinski definition) is 7. The Balaban J connectivity index is 1.30. The van der Waals surface area contributed by atoms with Crippen LogP contribution in [0.3, 0.4) is 0 Å². The van der Waals surface area contributed by atoms with Gasteiger partial charge in [0.15, 0.2) is 0 Å². The number of rotatable bonds is 10. The van der Waals surface area contributed by atoms with E-state index in [-0.39, 0.29) is 17.5 Å². The van der Waals surface area contributed by atoms with Gasteiger partial charge in [0.25, 0.3) is 11.8 Å². The Morgan fingerprint density at radius 3 is 2.48 bits per heavy atom. The molecule has 1 unspecified atom stereocenters. The second kappa shape index (κ2) is 15.8. The Labute approximate surface area is 292 Å². The third kappa shape index (κ3) is 8.52. The van der Waals surface area contributed by atoms with Crippen LogP contribution in [-0.2, 0) is 27.3 Å². The van der Waals surface area contributed by atoms with Crippen LogP contribution in [0.15, 0.2) is 89.5 Å². The fourth-order valence-electron chi connectivity index (χ4n) is 5.07. The van der Waals surface area contributed by atoms with E-state index < -0.39 is 17.1 Å². The third-order valence-electron chi connectivity index (χ3n) is 7.59. The van der Waals surface area contributed by atoms with Crippen molar-refractivity contribution in [1.29, 1.82) is 5.26 Å². The lowest BCUT2D eigenvalue weighted by atomic mass is 10.0. The monoisotopic (exact) mass is 697 g/mol. The summed E-state index contributed by atoms with van der Waals surface area (Å²) in [5, 5.41) is 19.0. The number of amides is 4. The topological polar surface area (TPSA) is 131 Å². The van der Waals surface area contributed by atoms with Crippen LogP contribution in [0.2, 0.25) is 5.02 Å². The molecule has 0 saturated heterocycles. The van der Waals surface area contributed by atoms with Crippen LogP contribution >= 0.6 is 34.7 Å². The molecular formula is C36H32ClN5O4S2. The Kier molecular flexibility index (Phi) is 11.3. The molecule has 0 fully saturated rings. The number of benzene rings is 3. The summed E-state index contributed by atoms with van der Waals surface area (Å²) in [4.78, 5) is 55.2. The molecule has 3 N–H and O–H groups in total. The molecule has 0 saturated carbocycles. The molecule has 4 amide bonds. The maximum absolute atomic E-state index is 13.5. The highest BCUT2D eigenvalue weighted by Gasteiger charge is 2.28. The number of carbonyl (C=O) groups is 4. The van der Waals surface area contributed by atoms with Crippen LogP contribution in [0.5, 0.6) is 0 Å². The SMILES string of the molecule is CCC(Sc1cccc(NC(=O)/C(=C\c2ccc(Cl)cc2)NC(=O)c2ccccc2)c1)C(=O)Nc1sc2c(c1C#N)CCN(C(C)=O)C2. The molecule has 244 valence electrons. The Bertz CT molecular complexity index is 1920. The van der Waals surface area contributed by atoms with Gasteiger partial charge in [-0.2, -0.15) is 5.26 Å². The molecule has 0 spiro atoms. The van der Waals surface area contributed by atoms with Gasteiger partial charge >= 0.3 is 0 Å². The molecule has 48 heavy (non-hydrogen) atoms. The quantitative estimate of drug-likeness (QED) is 0.120. The van der Waals surface area contributed by atoms with Crippen LogP contribution in [0.25, 0.3) is 6.08 Å². The van der Waals surface area contributed by atoms with Gasteiger partial charge in [0, 0.05) is 39.5 Å². The summed E-state index contributed by atoms with van der Waals surface area (Å²) >= 11 is 8.71. The Hall–Kier alpha value is -4.89. The maximum Gasteiger partial charge on any atom is 0.272 e. The number of thiophene rings is 1. The van der Waals surface area contributed by atoms with Crippen molar-refractivity contribution in [2.75, 3.05) is 17.2 Å². The van der Waals surface area contributed by atoms with Crippen molar-refractivity contribution in [2.24, 2.45) is 0 Å². The van der Waals surface area contributed by atoms with E-state index >= 15 is 0 Å². The van der Waals surface area contributed by atoms with Gasteiger partial charge in [-0.1, -0.05) is 54.9 Å². The molecule has 4 aromatic rings. The normalized spacial score (nSPS) is 13.1. The molecule has 3 aromatic carbocycles. The predicted molar refractivity (Wildman–Crippen MR) is 191 cm³/mol. The molecule has 12 heteroatoms. The third-order valence-corrected chi connectivity index (χ3v) is 10.3. The minimum absolute atomic E-state index is 0.0234. The van der Waals surface area contributed by atoms with Gasteiger partial charge in [-0.05, 0) is 72.5 Å². The maximum atomic E-state index is 13.5. The van der Waals surface area contributed by atoms with E-state index in [2.05, 4.69) is 22.0 Å². The molecule has 1 aromatic heterocycles. The van der Waals surface area contributed by atoms with E-state index in [0.29, 0.717) is 58.3 Å². The summed E-state index contributed by atoms with van der Waals surface area (Å²) in [5.41, 5.74) is 2.93. The summed E-state index contributed by atoms with van der Waals surface area (Å²) in [6, 6.07) is 24.8. The second-order valence-electron chi connectivity index (χ2n) is 10.9. The van der Waals surface area contributed by atoms with Gasteiger partial charge in [0.1, 0.15) is 16.8 Å². The predicted octanol–water partition coefficient (Wildman–Crippen LogP) is 7.10. The number of halogens is 1. The first-order valence-corrected chi connectivity index (χ1v) is 17.2. The number of hydrogen-bond donors (Lipinski definition) is 3. The second-order valence-corrected chi connectivity index (χ2v) is 13.7. The van der Waals surface area contributed by atoms with Gasteiger partial charge < -0.3 is 20.9 Å². The lowest BCUT2D eigenvalue weighted by molar-refractivity contribution is -0.129. The number of thioether (sulfide) groups is 1. The zero-order chi connectivity index (χ0) is 34.2. The lowest BCUT2D eigenvalue weighted by Gasteiger charge is -2.25. The largest absolute Gasteiger partial charge is 0.337 e. The Morgan fingerprint density at radius 2 is 1.79 bits per heavy atom. The smallest absolute Gasteiger partial charge is 0.272 e. The van der Waals surface area contributed by atoms with Crippen LogP contribution in [0.1, 0.15) is 52.2 Å². The number of carbonyl (C=O) groups excluding carboxylic acids is 4. The standard InChI is InChI=1S/C36H32ClN5O4S2/c1-3-31(35(46)41-36-29(20-38)28-16-17-42(22(2)43)21-32(28)48-36)47-27-11-7-10-26(19-27)39-34(45)30(18-23-12-14-25(37)15-13-23)40-33(44)24-8-5-4-6-9-24/h4-15,18-19,31H,3,16-17,21H2,1-2H3,(H,39,45)(H,40,44)(H,41,46)/b30-18+. The van der Waals surface area contributed by atoms with Crippen molar-refractivity contribution in [3.63, 3.8) is 0 Å². The molecule has 1 atom stereocenters. The van der Waals surface area contributed by atoms with Crippen LogP contribution in [0.4, 0.5) is 10.7 Å². The van der Waals surface area contributed by atoms with Crippen molar-refractivity contribution < 1.29 is 19.2 Å². The summed E-state index contributed by atoms with van der Waals surface area (Å²) in [6.07, 6.45) is 2.65. The van der Waals surface area contributed by atoms with E-state index in [9.17, 15) is 24.4 Å². The van der Waals surface area contributed by atoms with Gasteiger partial charge in [-0.3, -0.25) is 19.2 Å². The van der Waals surface area contributed by atoms with Crippen molar-refractivity contribution in [2.45, 2.75) is 43.4 Å². The van der Waals surface area contributed by atoms with E-state index in [0.717, 1.165) is 15.3 Å². The highest BCUT2D eigenvalue weighted by atomic mass is 35.5. The average molecular weight is 698 g/mol. The van der Waals surface area contributed by atoms with Gasteiger partial charge in [-0.25, -0.2) is 0 Å². The fraction of sp³-hybridized carbons (Fsp3) is 0.194. The van der Waals surface area contributed by atoms with Gasteiger partial charge in [-0.15, -0.1) is 23.1 Å². The zero-order valence-corrected chi connectivity index (χ0v) is 28.6. The highest BCUT2D eigenvalue weighted by Crippen LogP contribution is 2.37. The first kappa shape index (κ1) is 34.4. The first-order chi connectivity index (χ1) is 23.1. The number of anilines is 2. The van der Waals surface area contributed by atoms with Crippen molar-refractivity contribution in [1.82, 2.24) is 10.2 Å². The lowest BCUT2D eigenvalue weighted by Crippen LogP contribution is -2.33. The van der Waals surface area contributed by atoms with Crippen molar-refractivity contribution in [3.05, 3.63) is 117 Å². The number of nitrogens with zero attached hydrogens (tertiary/aromatic N) is 2. The molecule has 5 rings (SSSR count). The molecule has 0 bridgehead atoms. The van der Waals surface area contributed by atoms with Crippen LogP contribution < -0.4 is 16.0 Å². The van der Waals surface area contributed by atoms with Gasteiger partial charge in [0.2, 0.25) is 11.8 Å². The molecule has 1 aliphatic heterocycles. The molecule has 0 aliphatic carbocycles. The number of nitrogens with one attached hydrogen (secondary N) is 3. The first-order valence-electron chi connectivity index (χ1n) is 15.2. The number of nitriles is 1. The molecular weight excluding hydrogens is 666 g/mol. The summed E-state index contributed by atoms with van der Waals surface area (Å²) in [6.45, 7) is 4.40. The summed E-state index contributed by atoms with van der Waals surface area (Å²) < 4.78 is 0. The Morgan fingerprint density at radius 1 is 1.04 bits per heavy atom. The molecule has 9 nitrogen and oxygen atoms in total. The number of fused-ring (bicyclic) bond motifs is 1. The molecule has 0 radical (unpaired) electrons.